The van der Waals surface area contributed by atoms with Crippen LogP contribution in [0.5, 0.6) is 5.75 Å². The molecule has 0 radical (unpaired) electrons. The molecule has 0 saturated carbocycles. The lowest BCUT2D eigenvalue weighted by Crippen LogP contribution is -2.42. The van der Waals surface area contributed by atoms with E-state index in [0.29, 0.717) is 29.9 Å². The molecule has 0 spiro atoms. The maximum absolute atomic E-state index is 14.0. The maximum atomic E-state index is 14.0. The summed E-state index contributed by atoms with van der Waals surface area (Å²) >= 11 is 0. The first-order chi connectivity index (χ1) is 16.1. The monoisotopic (exact) mass is 479 g/mol. The molecular weight excluding hydrogens is 447 g/mol. The van der Waals surface area contributed by atoms with Crippen molar-refractivity contribution < 1.29 is 32.6 Å². The molecule has 8 heteroatoms. The number of aliphatic carboxylic acids is 1. The van der Waals surface area contributed by atoms with E-state index in [1.165, 1.54) is 37.3 Å². The van der Waals surface area contributed by atoms with Crippen molar-refractivity contribution in [3.8, 4) is 5.75 Å². The van der Waals surface area contributed by atoms with Crippen LogP contribution >= 0.6 is 0 Å². The zero-order chi connectivity index (χ0) is 25.3. The Labute approximate surface area is 198 Å². The number of rotatable bonds is 12. The predicted octanol–water partition coefficient (Wildman–Crippen LogP) is 6.56. The van der Waals surface area contributed by atoms with E-state index in [0.717, 1.165) is 25.7 Å². The number of hydrogen-bond acceptors (Lipinski definition) is 3. The minimum atomic E-state index is -4.92. The number of benzene rings is 2. The summed E-state index contributed by atoms with van der Waals surface area (Å²) in [4.78, 5) is 24.3. The largest absolute Gasteiger partial charge is 0.494 e. The second-order valence-corrected chi connectivity index (χ2v) is 8.19. The summed E-state index contributed by atoms with van der Waals surface area (Å²) in [6.07, 6.45) is -0.608. The van der Waals surface area contributed by atoms with Crippen LogP contribution in [0.2, 0.25) is 0 Å². The van der Waals surface area contributed by atoms with Crippen LogP contribution in [-0.2, 0) is 17.8 Å². The van der Waals surface area contributed by atoms with Crippen molar-refractivity contribution in [2.75, 3.05) is 6.61 Å². The molecule has 2 rings (SSSR count). The van der Waals surface area contributed by atoms with Crippen molar-refractivity contribution in [2.24, 2.45) is 0 Å². The molecule has 0 aliphatic heterocycles. The van der Waals surface area contributed by atoms with Gasteiger partial charge in [0.1, 0.15) is 5.75 Å². The Morgan fingerprint density at radius 1 is 1.06 bits per heavy atom. The molecule has 0 aromatic heterocycles. The van der Waals surface area contributed by atoms with E-state index in [-0.39, 0.29) is 16.0 Å². The number of carbonyl (C=O) groups excluding carboxylic acids is 1. The van der Waals surface area contributed by atoms with E-state index < -0.39 is 30.6 Å². The number of carboxylic acids is 1. The highest BCUT2D eigenvalue weighted by molar-refractivity contribution is 5.94. The Bertz CT molecular complexity index is 975. The molecule has 2 aromatic rings. The number of amides is 1. The van der Waals surface area contributed by atoms with Crippen LogP contribution in [0.4, 0.5) is 13.2 Å². The van der Waals surface area contributed by atoms with E-state index in [1.54, 1.807) is 19.1 Å². The molecule has 0 saturated heterocycles. The smallest absolute Gasteiger partial charge is 0.487 e. The number of unbranched alkanes of at least 4 members (excludes halogenated alkanes) is 3. The van der Waals surface area contributed by atoms with Crippen molar-refractivity contribution in [3.05, 3.63) is 64.7 Å². The number of nitrogens with zero attached hydrogens (tertiary/aromatic N) is 1. The van der Waals surface area contributed by atoms with Crippen LogP contribution in [0.3, 0.4) is 0 Å². The third kappa shape index (κ3) is 7.23. The van der Waals surface area contributed by atoms with E-state index in [4.69, 9.17) is 4.74 Å². The van der Waals surface area contributed by atoms with Crippen LogP contribution in [0.25, 0.3) is 0 Å². The molecule has 2 aromatic carbocycles. The molecule has 34 heavy (non-hydrogen) atoms. The summed E-state index contributed by atoms with van der Waals surface area (Å²) in [5.41, 5.74) is 1.09. The minimum absolute atomic E-state index is 0.128. The lowest BCUT2D eigenvalue weighted by atomic mass is 9.90. The summed E-state index contributed by atoms with van der Waals surface area (Å²) in [5.74, 6) is -2.79. The molecule has 186 valence electrons. The summed E-state index contributed by atoms with van der Waals surface area (Å²) in [6.45, 7) is 5.04. The van der Waals surface area contributed by atoms with Crippen molar-refractivity contribution in [1.29, 1.82) is 0 Å². The van der Waals surface area contributed by atoms with E-state index >= 15 is 0 Å². The van der Waals surface area contributed by atoms with Gasteiger partial charge in [-0.3, -0.25) is 9.59 Å². The fourth-order valence-electron chi connectivity index (χ4n) is 3.81. The SMILES string of the molecule is CCCCCCOc1cccc(C(=O)N(Cc2cccc(C(C)C(=O)O)c2CC)C(F)(F)F)c1. The van der Waals surface area contributed by atoms with E-state index in [1.807, 2.05) is 0 Å². The molecular formula is C26H32F3NO4. The van der Waals surface area contributed by atoms with Gasteiger partial charge in [-0.15, -0.1) is 13.2 Å². The van der Waals surface area contributed by atoms with Crippen molar-refractivity contribution in [3.63, 3.8) is 0 Å². The lowest BCUT2D eigenvalue weighted by molar-refractivity contribution is -0.228. The molecule has 0 aliphatic rings. The van der Waals surface area contributed by atoms with Gasteiger partial charge in [0.15, 0.2) is 0 Å². The number of carbonyl (C=O) groups is 2. The van der Waals surface area contributed by atoms with Gasteiger partial charge < -0.3 is 9.84 Å². The van der Waals surface area contributed by atoms with Gasteiger partial charge in [0.25, 0.3) is 5.91 Å². The van der Waals surface area contributed by atoms with Gasteiger partial charge in [-0.25, -0.2) is 4.90 Å². The molecule has 1 amide bonds. The maximum Gasteiger partial charge on any atom is 0.487 e. The fourth-order valence-corrected chi connectivity index (χ4v) is 3.81. The van der Waals surface area contributed by atoms with Crippen LogP contribution in [0.1, 0.15) is 79.4 Å². The van der Waals surface area contributed by atoms with Gasteiger partial charge in [-0.1, -0.05) is 57.4 Å². The van der Waals surface area contributed by atoms with Gasteiger partial charge in [-0.2, -0.15) is 0 Å². The zero-order valence-electron chi connectivity index (χ0n) is 19.8. The Kier molecular flexibility index (Phi) is 9.96. The van der Waals surface area contributed by atoms with Gasteiger partial charge >= 0.3 is 12.3 Å². The van der Waals surface area contributed by atoms with Gasteiger partial charge in [0.2, 0.25) is 0 Å². The first-order valence-electron chi connectivity index (χ1n) is 11.5. The third-order valence-electron chi connectivity index (χ3n) is 5.73. The van der Waals surface area contributed by atoms with Gasteiger partial charge in [-0.05, 0) is 54.7 Å². The van der Waals surface area contributed by atoms with Crippen molar-refractivity contribution in [1.82, 2.24) is 4.90 Å². The molecule has 1 atom stereocenters. The molecule has 5 nitrogen and oxygen atoms in total. The number of halogens is 3. The second-order valence-electron chi connectivity index (χ2n) is 8.19. The first-order valence-corrected chi connectivity index (χ1v) is 11.5. The highest BCUT2D eigenvalue weighted by Gasteiger charge is 2.41. The van der Waals surface area contributed by atoms with Crippen LogP contribution in [0.15, 0.2) is 42.5 Å². The zero-order valence-corrected chi connectivity index (χ0v) is 19.8. The predicted molar refractivity (Wildman–Crippen MR) is 124 cm³/mol. The van der Waals surface area contributed by atoms with E-state index in [2.05, 4.69) is 6.92 Å². The average molecular weight is 480 g/mol. The Morgan fingerprint density at radius 2 is 1.76 bits per heavy atom. The molecule has 0 heterocycles. The number of hydrogen-bond donors (Lipinski definition) is 1. The summed E-state index contributed by atoms with van der Waals surface area (Å²) in [5, 5.41) is 9.37. The number of ether oxygens (including phenoxy) is 1. The first kappa shape index (κ1) is 27.2. The lowest BCUT2D eigenvalue weighted by Gasteiger charge is -2.27. The highest BCUT2D eigenvalue weighted by atomic mass is 19.4. The quantitative estimate of drug-likeness (QED) is 0.277. The summed E-state index contributed by atoms with van der Waals surface area (Å²) in [7, 11) is 0. The van der Waals surface area contributed by atoms with Crippen LogP contribution in [0, 0.1) is 0 Å². The molecule has 0 fully saturated rings. The van der Waals surface area contributed by atoms with Gasteiger partial charge in [0, 0.05) is 5.56 Å². The fraction of sp³-hybridized carbons (Fsp3) is 0.462. The van der Waals surface area contributed by atoms with Gasteiger partial charge in [0.05, 0.1) is 19.1 Å². The molecule has 0 aliphatic carbocycles. The van der Waals surface area contributed by atoms with Crippen LogP contribution < -0.4 is 4.74 Å². The Hall–Kier alpha value is -3.03. The normalized spacial score (nSPS) is 12.3. The van der Waals surface area contributed by atoms with E-state index in [9.17, 15) is 27.9 Å². The topological polar surface area (TPSA) is 66.8 Å². The van der Waals surface area contributed by atoms with Crippen molar-refractivity contribution in [2.45, 2.75) is 71.6 Å². The van der Waals surface area contributed by atoms with Crippen LogP contribution in [-0.4, -0.2) is 34.8 Å². The average Bonchev–Trinajstić information content (AvgIpc) is 2.80. The number of carboxylic acid groups (broad SMARTS) is 1. The highest BCUT2D eigenvalue weighted by Crippen LogP contribution is 2.30. The summed E-state index contributed by atoms with van der Waals surface area (Å²) < 4.78 is 47.5. The Balaban J connectivity index is 2.30. The second kappa shape index (κ2) is 12.4. The summed E-state index contributed by atoms with van der Waals surface area (Å²) in [6, 6.07) is 10.4. The Morgan fingerprint density at radius 3 is 2.38 bits per heavy atom. The molecule has 0 bridgehead atoms. The minimum Gasteiger partial charge on any atom is -0.494 e. The molecule has 1 unspecified atom stereocenters. The standard InChI is InChI=1S/C26H32F3NO4/c1-4-6-7-8-15-34-21-13-9-11-19(16-21)24(31)30(26(27,28)29)17-20-12-10-14-23(22(20)5-2)18(3)25(32)33/h9-14,16,18H,4-8,15,17H2,1-3H3,(H,32,33). The van der Waals surface area contributed by atoms with Crippen molar-refractivity contribution >= 4 is 11.9 Å². The third-order valence-corrected chi connectivity index (χ3v) is 5.73. The molecule has 1 N–H and O–H groups in total. The number of alkyl halides is 3.